The maximum atomic E-state index is 12.7. The lowest BCUT2D eigenvalue weighted by atomic mass is 10.3. The molecule has 0 unspecified atom stereocenters. The number of benzene rings is 1. The van der Waals surface area contributed by atoms with Gasteiger partial charge >= 0.3 is 0 Å². The summed E-state index contributed by atoms with van der Waals surface area (Å²) in [5.41, 5.74) is 0. The summed E-state index contributed by atoms with van der Waals surface area (Å²) >= 11 is 0. The number of hydrogen-bond donors (Lipinski definition) is 2. The molecule has 1 rings (SSSR count). The summed E-state index contributed by atoms with van der Waals surface area (Å²) < 4.78 is 22.9. The molecule has 0 saturated heterocycles. The summed E-state index contributed by atoms with van der Waals surface area (Å²) in [6.07, 6.45) is 0.273. The van der Waals surface area contributed by atoms with Crippen molar-refractivity contribution < 1.29 is 18.7 Å². The highest BCUT2D eigenvalue weighted by molar-refractivity contribution is 5.75. The van der Waals surface area contributed by atoms with Gasteiger partial charge in [0.2, 0.25) is 5.91 Å². The lowest BCUT2D eigenvalue weighted by Crippen LogP contribution is -2.33. The van der Waals surface area contributed by atoms with Crippen LogP contribution in [-0.2, 0) is 9.53 Å². The number of hydrogen-bond acceptors (Lipinski definition) is 4. The topological polar surface area (TPSA) is 59.6 Å². The molecule has 0 radical (unpaired) electrons. The molecule has 0 aliphatic carbocycles. The zero-order chi connectivity index (χ0) is 14.6. The van der Waals surface area contributed by atoms with Crippen LogP contribution in [-0.4, -0.2) is 45.9 Å². The third kappa shape index (κ3) is 7.70. The summed E-state index contributed by atoms with van der Waals surface area (Å²) in [4.78, 5) is 11.5. The van der Waals surface area contributed by atoms with Crippen LogP contribution in [0.3, 0.4) is 0 Å². The predicted octanol–water partition coefficient (Wildman–Crippen LogP) is 0.947. The number of amides is 1. The Morgan fingerprint density at radius 2 is 1.90 bits per heavy atom. The Hall–Kier alpha value is -1.66. The zero-order valence-electron chi connectivity index (χ0n) is 11.7. The van der Waals surface area contributed by atoms with Crippen molar-refractivity contribution >= 4 is 5.91 Å². The lowest BCUT2D eigenvalue weighted by molar-refractivity contribution is -0.121. The second-order valence-corrected chi connectivity index (χ2v) is 4.15. The summed E-state index contributed by atoms with van der Waals surface area (Å²) in [6.45, 7) is 2.96. The Balaban J connectivity index is 2.01. The molecule has 0 saturated carbocycles. The monoisotopic (exact) mass is 284 g/mol. The quantitative estimate of drug-likeness (QED) is 0.628. The number of rotatable bonds is 10. The van der Waals surface area contributed by atoms with Crippen molar-refractivity contribution in [3.63, 3.8) is 0 Å². The fraction of sp³-hybridized carbons (Fsp3) is 0.500. The van der Waals surface area contributed by atoms with Crippen LogP contribution in [0.5, 0.6) is 5.75 Å². The van der Waals surface area contributed by atoms with Gasteiger partial charge < -0.3 is 20.1 Å². The van der Waals surface area contributed by atoms with Gasteiger partial charge in [0.25, 0.3) is 0 Å². The van der Waals surface area contributed by atoms with E-state index >= 15 is 0 Å². The molecule has 5 nitrogen and oxygen atoms in total. The van der Waals surface area contributed by atoms with Crippen LogP contribution in [0.15, 0.2) is 24.3 Å². The largest absolute Gasteiger partial charge is 0.493 e. The maximum absolute atomic E-state index is 12.7. The van der Waals surface area contributed by atoms with Gasteiger partial charge in [-0.3, -0.25) is 4.79 Å². The van der Waals surface area contributed by atoms with Gasteiger partial charge in [-0.15, -0.1) is 0 Å². The number of nitrogens with one attached hydrogen (secondary N) is 2. The molecule has 0 aliphatic heterocycles. The highest BCUT2D eigenvalue weighted by atomic mass is 19.1. The van der Waals surface area contributed by atoms with Gasteiger partial charge in [-0.1, -0.05) is 0 Å². The Kier molecular flexibility index (Phi) is 8.33. The van der Waals surface area contributed by atoms with Crippen molar-refractivity contribution in [1.29, 1.82) is 0 Å². The van der Waals surface area contributed by atoms with E-state index in [1.165, 1.54) is 24.3 Å². The van der Waals surface area contributed by atoms with Crippen molar-refractivity contribution in [3.05, 3.63) is 30.1 Å². The van der Waals surface area contributed by atoms with Gasteiger partial charge in [-0.05, 0) is 24.3 Å². The molecule has 0 fully saturated rings. The number of ether oxygens (including phenoxy) is 2. The van der Waals surface area contributed by atoms with Crippen LogP contribution < -0.4 is 15.4 Å². The highest BCUT2D eigenvalue weighted by Gasteiger charge is 2.01. The number of carbonyl (C=O) groups excluding carboxylic acids is 1. The minimum absolute atomic E-state index is 0.0688. The Morgan fingerprint density at radius 1 is 1.15 bits per heavy atom. The van der Waals surface area contributed by atoms with Crippen molar-refractivity contribution in [2.75, 3.05) is 40.0 Å². The Labute approximate surface area is 118 Å². The van der Waals surface area contributed by atoms with E-state index in [1.807, 2.05) is 0 Å². The van der Waals surface area contributed by atoms with Gasteiger partial charge in [-0.25, -0.2) is 4.39 Å². The van der Waals surface area contributed by atoms with Gasteiger partial charge in [0.15, 0.2) is 0 Å². The average molecular weight is 284 g/mol. The molecular formula is C14H21FN2O3. The van der Waals surface area contributed by atoms with E-state index in [1.54, 1.807) is 7.11 Å². The molecule has 6 heteroatoms. The van der Waals surface area contributed by atoms with Gasteiger partial charge in [-0.2, -0.15) is 0 Å². The fourth-order valence-corrected chi connectivity index (χ4v) is 1.47. The molecule has 0 bridgehead atoms. The van der Waals surface area contributed by atoms with E-state index in [2.05, 4.69) is 10.6 Å². The fourth-order valence-electron chi connectivity index (χ4n) is 1.47. The van der Waals surface area contributed by atoms with E-state index in [0.29, 0.717) is 25.4 Å². The second kappa shape index (κ2) is 10.2. The number of carbonyl (C=O) groups is 1. The molecule has 20 heavy (non-hydrogen) atoms. The van der Waals surface area contributed by atoms with Crippen molar-refractivity contribution in [1.82, 2.24) is 10.6 Å². The standard InChI is InChI=1S/C14H21FN2O3/c1-19-11-9-16-7-8-17-14(18)6-10-20-13-4-2-12(15)3-5-13/h2-5,16H,6-11H2,1H3,(H,17,18). The van der Waals surface area contributed by atoms with Crippen LogP contribution in [0.2, 0.25) is 0 Å². The average Bonchev–Trinajstić information content (AvgIpc) is 2.45. The van der Waals surface area contributed by atoms with E-state index in [-0.39, 0.29) is 24.8 Å². The lowest BCUT2D eigenvalue weighted by Gasteiger charge is -2.08. The van der Waals surface area contributed by atoms with Crippen LogP contribution in [0, 0.1) is 5.82 Å². The maximum Gasteiger partial charge on any atom is 0.223 e. The van der Waals surface area contributed by atoms with Crippen molar-refractivity contribution in [3.8, 4) is 5.75 Å². The van der Waals surface area contributed by atoms with Crippen LogP contribution in [0.4, 0.5) is 4.39 Å². The SMILES string of the molecule is COCCNCCNC(=O)CCOc1ccc(F)cc1. The Morgan fingerprint density at radius 3 is 2.60 bits per heavy atom. The third-order valence-electron chi connectivity index (χ3n) is 2.52. The molecule has 1 aromatic carbocycles. The summed E-state index contributed by atoms with van der Waals surface area (Å²) in [5, 5.41) is 5.90. The third-order valence-corrected chi connectivity index (χ3v) is 2.52. The Bertz CT molecular complexity index is 385. The highest BCUT2D eigenvalue weighted by Crippen LogP contribution is 2.10. The van der Waals surface area contributed by atoms with E-state index in [0.717, 1.165) is 6.54 Å². The van der Waals surface area contributed by atoms with Crippen LogP contribution in [0.25, 0.3) is 0 Å². The summed E-state index contributed by atoms with van der Waals surface area (Å²) in [6, 6.07) is 5.71. The molecule has 112 valence electrons. The first-order valence-electron chi connectivity index (χ1n) is 6.57. The molecule has 2 N–H and O–H groups in total. The first-order valence-corrected chi connectivity index (χ1v) is 6.57. The molecular weight excluding hydrogens is 263 g/mol. The molecule has 1 amide bonds. The van der Waals surface area contributed by atoms with Crippen LogP contribution in [0.1, 0.15) is 6.42 Å². The minimum Gasteiger partial charge on any atom is -0.493 e. The minimum atomic E-state index is -0.309. The van der Waals surface area contributed by atoms with Gasteiger partial charge in [0.1, 0.15) is 11.6 Å². The summed E-state index contributed by atoms with van der Waals surface area (Å²) in [5.74, 6) is 0.178. The summed E-state index contributed by atoms with van der Waals surface area (Å²) in [7, 11) is 1.64. The van der Waals surface area contributed by atoms with Crippen molar-refractivity contribution in [2.45, 2.75) is 6.42 Å². The molecule has 0 spiro atoms. The van der Waals surface area contributed by atoms with E-state index in [9.17, 15) is 9.18 Å². The van der Waals surface area contributed by atoms with Gasteiger partial charge in [0.05, 0.1) is 19.6 Å². The van der Waals surface area contributed by atoms with E-state index < -0.39 is 0 Å². The van der Waals surface area contributed by atoms with Crippen molar-refractivity contribution in [2.24, 2.45) is 0 Å². The first kappa shape index (κ1) is 16.4. The first-order chi connectivity index (χ1) is 9.72. The second-order valence-electron chi connectivity index (χ2n) is 4.15. The normalized spacial score (nSPS) is 10.3. The molecule has 0 aromatic heterocycles. The molecule has 0 aliphatic rings. The molecule has 0 atom stereocenters. The number of halogens is 1. The van der Waals surface area contributed by atoms with Crippen LogP contribution >= 0.6 is 0 Å². The number of methoxy groups -OCH3 is 1. The van der Waals surface area contributed by atoms with E-state index in [4.69, 9.17) is 9.47 Å². The molecule has 1 aromatic rings. The van der Waals surface area contributed by atoms with Gasteiger partial charge in [0, 0.05) is 26.7 Å². The predicted molar refractivity (Wildman–Crippen MR) is 74.3 cm³/mol. The zero-order valence-corrected chi connectivity index (χ0v) is 11.7. The molecule has 0 heterocycles. The smallest absolute Gasteiger partial charge is 0.223 e.